The number of alkyl halides is 1. The Hall–Kier alpha value is -0.500. The molecule has 0 aliphatic rings. The second kappa shape index (κ2) is 6.16. The lowest BCUT2D eigenvalue weighted by molar-refractivity contribution is 0.242. The number of aryl methyl sites for hydroxylation is 1. The summed E-state index contributed by atoms with van der Waals surface area (Å²) in [6, 6.07) is 8.39. The van der Waals surface area contributed by atoms with E-state index in [2.05, 4.69) is 35.0 Å². The third-order valence-electron chi connectivity index (χ3n) is 2.13. The summed E-state index contributed by atoms with van der Waals surface area (Å²) in [5, 5.41) is 0. The van der Waals surface area contributed by atoms with Crippen LogP contribution in [0.25, 0.3) is 0 Å². The van der Waals surface area contributed by atoms with Gasteiger partial charge in [-0.25, -0.2) is 0 Å². The van der Waals surface area contributed by atoms with E-state index in [9.17, 15) is 0 Å². The van der Waals surface area contributed by atoms with Crippen molar-refractivity contribution in [2.24, 2.45) is 0 Å². The topological polar surface area (TPSA) is 9.23 Å². The van der Waals surface area contributed by atoms with Gasteiger partial charge in [0.2, 0.25) is 0 Å². The lowest BCUT2D eigenvalue weighted by Gasteiger charge is -2.10. The quantitative estimate of drug-likeness (QED) is 0.730. The van der Waals surface area contributed by atoms with Gasteiger partial charge >= 0.3 is 0 Å². The van der Waals surface area contributed by atoms with Gasteiger partial charge in [-0.2, -0.15) is 0 Å². The molecule has 0 amide bonds. The summed E-state index contributed by atoms with van der Waals surface area (Å²) < 4.78 is 5.59. The summed E-state index contributed by atoms with van der Waals surface area (Å²) in [6.07, 6.45) is 2.54. The fourth-order valence-corrected chi connectivity index (χ4v) is 1.60. The molecule has 2 heteroatoms. The molecule has 1 atom stereocenters. The second-order valence-corrected chi connectivity index (χ2v) is 5.69. The van der Waals surface area contributed by atoms with Crippen LogP contribution in [-0.2, 0) is 6.42 Å². The van der Waals surface area contributed by atoms with Crippen molar-refractivity contribution in [2.45, 2.75) is 44.5 Å². The first kappa shape index (κ1) is 12.6. The number of ether oxygens (including phenoxy) is 1. The molecule has 0 aromatic heterocycles. The minimum Gasteiger partial charge on any atom is -0.491 e. The van der Waals surface area contributed by atoms with E-state index >= 15 is 0 Å². The van der Waals surface area contributed by atoms with Crippen molar-refractivity contribution < 1.29 is 4.74 Å². The van der Waals surface area contributed by atoms with Crippen molar-refractivity contribution in [1.29, 1.82) is 0 Å². The highest BCUT2D eigenvalue weighted by molar-refractivity contribution is 9.09. The highest BCUT2D eigenvalue weighted by Gasteiger charge is 2.00. The van der Waals surface area contributed by atoms with E-state index in [1.165, 1.54) is 12.0 Å². The average Bonchev–Trinajstić information content (AvgIpc) is 2.16. The lowest BCUT2D eigenvalue weighted by atomic mass is 10.1. The zero-order chi connectivity index (χ0) is 11.3. The van der Waals surface area contributed by atoms with E-state index in [1.54, 1.807) is 0 Å². The lowest BCUT2D eigenvalue weighted by Crippen LogP contribution is -2.05. The molecular formula is C13H19BrO. The van der Waals surface area contributed by atoms with Gasteiger partial charge in [-0.1, -0.05) is 35.0 Å². The van der Waals surface area contributed by atoms with Gasteiger partial charge < -0.3 is 4.74 Å². The molecule has 1 rings (SSSR count). The molecule has 1 aromatic rings. The summed E-state index contributed by atoms with van der Waals surface area (Å²) in [4.78, 5) is 0.587. The van der Waals surface area contributed by atoms with Crippen LogP contribution < -0.4 is 4.74 Å². The summed E-state index contributed by atoms with van der Waals surface area (Å²) in [5.41, 5.74) is 1.37. The first-order valence-electron chi connectivity index (χ1n) is 5.47. The Labute approximate surface area is 101 Å². The number of hydrogen-bond donors (Lipinski definition) is 0. The zero-order valence-electron chi connectivity index (χ0n) is 9.66. The van der Waals surface area contributed by atoms with Crippen LogP contribution in [0.2, 0.25) is 0 Å². The molecule has 0 saturated heterocycles. The maximum atomic E-state index is 5.59. The summed E-state index contributed by atoms with van der Waals surface area (Å²) >= 11 is 3.55. The fraction of sp³-hybridized carbons (Fsp3) is 0.538. The van der Waals surface area contributed by atoms with Crippen LogP contribution in [0.3, 0.4) is 0 Å². The van der Waals surface area contributed by atoms with Crippen molar-refractivity contribution in [3.8, 4) is 5.75 Å². The molecule has 0 saturated carbocycles. The number of benzene rings is 1. The predicted octanol–water partition coefficient (Wildman–Crippen LogP) is 4.19. The van der Waals surface area contributed by atoms with Gasteiger partial charge in [0.1, 0.15) is 5.75 Å². The van der Waals surface area contributed by atoms with Crippen LogP contribution in [0.15, 0.2) is 24.3 Å². The maximum Gasteiger partial charge on any atom is 0.119 e. The Balaban J connectivity index is 2.49. The van der Waals surface area contributed by atoms with Crippen LogP contribution in [0.1, 0.15) is 32.8 Å². The Morgan fingerprint density at radius 3 is 2.20 bits per heavy atom. The van der Waals surface area contributed by atoms with Crippen molar-refractivity contribution in [1.82, 2.24) is 0 Å². The maximum absolute atomic E-state index is 5.59. The van der Waals surface area contributed by atoms with E-state index in [0.29, 0.717) is 4.83 Å². The van der Waals surface area contributed by atoms with E-state index < -0.39 is 0 Å². The molecule has 0 radical (unpaired) electrons. The van der Waals surface area contributed by atoms with Crippen LogP contribution >= 0.6 is 15.9 Å². The van der Waals surface area contributed by atoms with Gasteiger partial charge in [0.15, 0.2) is 0 Å². The van der Waals surface area contributed by atoms with Crippen LogP contribution in [0, 0.1) is 0 Å². The molecule has 0 aliphatic carbocycles. The van der Waals surface area contributed by atoms with Crippen LogP contribution in [0.4, 0.5) is 0 Å². The normalized spacial score (nSPS) is 12.9. The van der Waals surface area contributed by atoms with Gasteiger partial charge in [-0.15, -0.1) is 0 Å². The first-order chi connectivity index (χ1) is 7.08. The average molecular weight is 271 g/mol. The minimum atomic E-state index is 0.249. The molecule has 1 unspecified atom stereocenters. The summed E-state index contributed by atoms with van der Waals surface area (Å²) in [7, 11) is 0. The number of rotatable bonds is 5. The van der Waals surface area contributed by atoms with Gasteiger partial charge in [-0.3, -0.25) is 0 Å². The summed E-state index contributed by atoms with van der Waals surface area (Å²) in [6.45, 7) is 6.26. The second-order valence-electron chi connectivity index (χ2n) is 4.13. The van der Waals surface area contributed by atoms with E-state index in [1.807, 2.05) is 26.0 Å². The molecule has 0 spiro atoms. The third-order valence-corrected chi connectivity index (χ3v) is 2.58. The fourth-order valence-electron chi connectivity index (χ4n) is 1.37. The SMILES string of the molecule is CC(Br)CCc1ccc(OC(C)C)cc1. The minimum absolute atomic E-state index is 0.249. The van der Waals surface area contributed by atoms with E-state index in [-0.39, 0.29) is 6.10 Å². The van der Waals surface area contributed by atoms with E-state index in [4.69, 9.17) is 4.74 Å². The molecular weight excluding hydrogens is 252 g/mol. The molecule has 1 nitrogen and oxygen atoms in total. The standard InChI is InChI=1S/C13H19BrO/c1-10(2)15-13-8-6-12(7-9-13)5-4-11(3)14/h6-11H,4-5H2,1-3H3. The van der Waals surface area contributed by atoms with Crippen molar-refractivity contribution >= 4 is 15.9 Å². The third kappa shape index (κ3) is 5.22. The zero-order valence-corrected chi connectivity index (χ0v) is 11.3. The Kier molecular flexibility index (Phi) is 5.16. The van der Waals surface area contributed by atoms with E-state index in [0.717, 1.165) is 12.2 Å². The highest BCUT2D eigenvalue weighted by atomic mass is 79.9. The predicted molar refractivity (Wildman–Crippen MR) is 68.9 cm³/mol. The van der Waals surface area contributed by atoms with Gasteiger partial charge in [0.25, 0.3) is 0 Å². The number of hydrogen-bond acceptors (Lipinski definition) is 1. The molecule has 1 aromatic carbocycles. The smallest absolute Gasteiger partial charge is 0.119 e. The van der Waals surface area contributed by atoms with Gasteiger partial charge in [0, 0.05) is 4.83 Å². The van der Waals surface area contributed by atoms with Crippen molar-refractivity contribution in [3.05, 3.63) is 29.8 Å². The first-order valence-corrected chi connectivity index (χ1v) is 6.39. The monoisotopic (exact) mass is 270 g/mol. The van der Waals surface area contributed by atoms with Crippen molar-refractivity contribution in [2.75, 3.05) is 0 Å². The molecule has 15 heavy (non-hydrogen) atoms. The Bertz CT molecular complexity index is 277. The molecule has 84 valence electrons. The van der Waals surface area contributed by atoms with Gasteiger partial charge in [-0.05, 0) is 44.4 Å². The van der Waals surface area contributed by atoms with Crippen LogP contribution in [0.5, 0.6) is 5.75 Å². The Morgan fingerprint density at radius 2 is 1.73 bits per heavy atom. The van der Waals surface area contributed by atoms with Crippen molar-refractivity contribution in [3.63, 3.8) is 0 Å². The van der Waals surface area contributed by atoms with Crippen LogP contribution in [-0.4, -0.2) is 10.9 Å². The Morgan fingerprint density at radius 1 is 1.13 bits per heavy atom. The molecule has 0 fully saturated rings. The molecule has 0 N–H and O–H groups in total. The van der Waals surface area contributed by atoms with Gasteiger partial charge in [0.05, 0.1) is 6.10 Å². The highest BCUT2D eigenvalue weighted by Crippen LogP contribution is 2.16. The molecule has 0 bridgehead atoms. The molecule has 0 heterocycles. The summed E-state index contributed by atoms with van der Waals surface area (Å²) in [5.74, 6) is 0.959. The molecule has 0 aliphatic heterocycles. The number of halogens is 1. The largest absolute Gasteiger partial charge is 0.491 e.